The van der Waals surface area contributed by atoms with Crippen molar-refractivity contribution in [3.05, 3.63) is 64.7 Å². The summed E-state index contributed by atoms with van der Waals surface area (Å²) in [7, 11) is -3.36. The van der Waals surface area contributed by atoms with E-state index in [2.05, 4.69) is 25.6 Å². The molecule has 0 aliphatic rings. The van der Waals surface area contributed by atoms with Gasteiger partial charge in [-0.2, -0.15) is 5.10 Å². The van der Waals surface area contributed by atoms with Gasteiger partial charge < -0.3 is 16.2 Å². The van der Waals surface area contributed by atoms with Gasteiger partial charge in [-0.3, -0.25) is 10.4 Å². The Labute approximate surface area is 196 Å². The number of aliphatic hydroxyl groups is 1. The molecule has 0 radical (unpaired) electrons. The molecule has 1 unspecified atom stereocenters. The molecule has 0 aliphatic heterocycles. The molecule has 3 rings (SSSR count). The lowest BCUT2D eigenvalue weighted by atomic mass is 10.1. The van der Waals surface area contributed by atoms with E-state index in [0.717, 1.165) is 5.56 Å². The van der Waals surface area contributed by atoms with Crippen LogP contribution in [0.5, 0.6) is 0 Å². The first-order valence-corrected chi connectivity index (χ1v) is 12.1. The standard InChI is InChI=1S/C21H25ClN6O4S/c1-2-33(31,32)24-11-15-9-8-14(10-16(15)22)18-19(23)27-28-20(18)26-21(30)25-17(12-29)13-6-4-3-5-7-13/h3-10,17,24,29H,2,11-12H2,1H3,(H5,23,25,26,27,28,30). The Morgan fingerprint density at radius 1 is 1.24 bits per heavy atom. The predicted octanol–water partition coefficient (Wildman–Crippen LogP) is 2.61. The van der Waals surface area contributed by atoms with Gasteiger partial charge in [-0.05, 0) is 29.7 Å². The number of halogens is 1. The van der Waals surface area contributed by atoms with Crippen LogP contribution in [-0.2, 0) is 16.6 Å². The highest BCUT2D eigenvalue weighted by atomic mass is 35.5. The Hall–Kier alpha value is -3.12. The van der Waals surface area contributed by atoms with Crippen molar-refractivity contribution in [1.29, 1.82) is 0 Å². The van der Waals surface area contributed by atoms with Crippen molar-refractivity contribution in [2.75, 3.05) is 23.4 Å². The van der Waals surface area contributed by atoms with Crippen LogP contribution in [0.2, 0.25) is 5.02 Å². The Kier molecular flexibility index (Phi) is 7.92. The number of anilines is 2. The molecule has 2 aromatic carbocycles. The molecule has 2 amide bonds. The summed E-state index contributed by atoms with van der Waals surface area (Å²) in [4.78, 5) is 12.6. The molecule has 0 aliphatic carbocycles. The number of hydrogen-bond acceptors (Lipinski definition) is 6. The molecule has 33 heavy (non-hydrogen) atoms. The van der Waals surface area contributed by atoms with Crippen LogP contribution in [0.15, 0.2) is 48.5 Å². The van der Waals surface area contributed by atoms with Crippen LogP contribution in [-0.4, -0.2) is 42.1 Å². The van der Waals surface area contributed by atoms with Gasteiger partial charge in [0.15, 0.2) is 5.82 Å². The van der Waals surface area contributed by atoms with E-state index in [1.807, 2.05) is 18.2 Å². The van der Waals surface area contributed by atoms with Gasteiger partial charge in [0.2, 0.25) is 10.0 Å². The summed E-state index contributed by atoms with van der Waals surface area (Å²) in [6.45, 7) is 1.31. The number of amides is 2. The number of urea groups is 1. The maximum absolute atomic E-state index is 12.6. The van der Waals surface area contributed by atoms with Gasteiger partial charge in [0.25, 0.3) is 0 Å². The number of aliphatic hydroxyl groups excluding tert-OH is 1. The Balaban J connectivity index is 1.76. The molecule has 1 aromatic heterocycles. The number of benzene rings is 2. The fourth-order valence-electron chi connectivity index (χ4n) is 3.10. The minimum absolute atomic E-state index is 0.0350. The molecule has 12 heteroatoms. The highest BCUT2D eigenvalue weighted by Gasteiger charge is 2.19. The number of carbonyl (C=O) groups is 1. The zero-order chi connectivity index (χ0) is 24.0. The van der Waals surface area contributed by atoms with E-state index in [-0.39, 0.29) is 30.5 Å². The van der Waals surface area contributed by atoms with Crippen LogP contribution in [0.3, 0.4) is 0 Å². The summed E-state index contributed by atoms with van der Waals surface area (Å²) in [5.41, 5.74) is 8.36. The number of hydrogen-bond donors (Lipinski definition) is 6. The quantitative estimate of drug-likeness (QED) is 0.269. The van der Waals surface area contributed by atoms with E-state index in [0.29, 0.717) is 21.7 Å². The van der Waals surface area contributed by atoms with Crippen LogP contribution in [0.1, 0.15) is 24.1 Å². The van der Waals surface area contributed by atoms with E-state index < -0.39 is 22.1 Å². The largest absolute Gasteiger partial charge is 0.394 e. The van der Waals surface area contributed by atoms with Gasteiger partial charge >= 0.3 is 6.03 Å². The molecule has 0 spiro atoms. The summed E-state index contributed by atoms with van der Waals surface area (Å²) < 4.78 is 25.8. The molecule has 0 saturated carbocycles. The van der Waals surface area contributed by atoms with Gasteiger partial charge in [-0.25, -0.2) is 17.9 Å². The number of aromatic nitrogens is 2. The maximum atomic E-state index is 12.6. The highest BCUT2D eigenvalue weighted by Crippen LogP contribution is 2.34. The van der Waals surface area contributed by atoms with E-state index >= 15 is 0 Å². The number of H-pyrrole nitrogens is 1. The molecule has 0 fully saturated rings. The van der Waals surface area contributed by atoms with Gasteiger partial charge in [0.1, 0.15) is 5.82 Å². The molecule has 3 aromatic rings. The number of nitrogen functional groups attached to an aromatic ring is 1. The second-order valence-corrected chi connectivity index (χ2v) is 9.64. The first-order valence-electron chi connectivity index (χ1n) is 10.1. The lowest BCUT2D eigenvalue weighted by molar-refractivity contribution is 0.225. The van der Waals surface area contributed by atoms with Crippen molar-refractivity contribution >= 4 is 39.3 Å². The SMILES string of the molecule is CCS(=O)(=O)NCc1ccc(-c2c(NC(=O)NC(CO)c3ccccc3)n[nH]c2N)cc1Cl. The number of sulfonamides is 1. The number of rotatable bonds is 9. The van der Waals surface area contributed by atoms with Crippen molar-refractivity contribution in [1.82, 2.24) is 20.2 Å². The normalized spacial score (nSPS) is 12.3. The topological polar surface area (TPSA) is 162 Å². The number of nitrogens with one attached hydrogen (secondary N) is 4. The zero-order valence-corrected chi connectivity index (χ0v) is 19.4. The third-order valence-corrected chi connectivity index (χ3v) is 6.62. The molecule has 10 nitrogen and oxygen atoms in total. The average molecular weight is 493 g/mol. The van der Waals surface area contributed by atoms with Crippen LogP contribution in [0, 0.1) is 0 Å². The van der Waals surface area contributed by atoms with Crippen molar-refractivity contribution in [2.24, 2.45) is 0 Å². The Morgan fingerprint density at radius 2 is 1.97 bits per heavy atom. The second-order valence-electron chi connectivity index (χ2n) is 7.14. The molecular formula is C21H25ClN6O4S. The minimum Gasteiger partial charge on any atom is -0.394 e. The second kappa shape index (κ2) is 10.7. The van der Waals surface area contributed by atoms with Gasteiger partial charge in [0, 0.05) is 11.6 Å². The molecular weight excluding hydrogens is 468 g/mol. The van der Waals surface area contributed by atoms with Crippen LogP contribution >= 0.6 is 11.6 Å². The van der Waals surface area contributed by atoms with Crippen molar-refractivity contribution < 1.29 is 18.3 Å². The van der Waals surface area contributed by atoms with Crippen LogP contribution in [0.25, 0.3) is 11.1 Å². The monoisotopic (exact) mass is 492 g/mol. The lowest BCUT2D eigenvalue weighted by Crippen LogP contribution is -2.34. The summed E-state index contributed by atoms with van der Waals surface area (Å²) in [5, 5.41) is 22.0. The van der Waals surface area contributed by atoms with E-state index in [1.54, 1.807) is 37.3 Å². The number of nitrogens with two attached hydrogens (primary N) is 1. The summed E-state index contributed by atoms with van der Waals surface area (Å²) in [6, 6.07) is 12.8. The first-order chi connectivity index (χ1) is 15.7. The van der Waals surface area contributed by atoms with Crippen molar-refractivity contribution in [3.8, 4) is 11.1 Å². The molecule has 1 heterocycles. The summed E-state index contributed by atoms with van der Waals surface area (Å²) >= 11 is 6.35. The minimum atomic E-state index is -3.36. The number of aromatic amines is 1. The fourth-order valence-corrected chi connectivity index (χ4v) is 3.92. The van der Waals surface area contributed by atoms with Gasteiger partial charge in [-0.15, -0.1) is 0 Å². The third kappa shape index (κ3) is 6.23. The molecule has 7 N–H and O–H groups in total. The molecule has 176 valence electrons. The average Bonchev–Trinajstić information content (AvgIpc) is 3.16. The molecule has 0 saturated heterocycles. The maximum Gasteiger partial charge on any atom is 0.321 e. The van der Waals surface area contributed by atoms with Crippen LogP contribution in [0.4, 0.5) is 16.4 Å². The molecule has 1 atom stereocenters. The number of carbonyl (C=O) groups excluding carboxylic acids is 1. The third-order valence-electron chi connectivity index (χ3n) is 4.92. The van der Waals surface area contributed by atoms with E-state index in [9.17, 15) is 18.3 Å². The summed E-state index contributed by atoms with van der Waals surface area (Å²) in [5.74, 6) is 0.347. The van der Waals surface area contributed by atoms with E-state index in [1.165, 1.54) is 0 Å². The summed E-state index contributed by atoms with van der Waals surface area (Å²) in [6.07, 6.45) is 0. The van der Waals surface area contributed by atoms with E-state index in [4.69, 9.17) is 17.3 Å². The van der Waals surface area contributed by atoms with Crippen molar-refractivity contribution in [2.45, 2.75) is 19.5 Å². The lowest BCUT2D eigenvalue weighted by Gasteiger charge is -2.17. The Morgan fingerprint density at radius 3 is 2.61 bits per heavy atom. The number of nitrogens with zero attached hydrogens (tertiary/aromatic N) is 1. The van der Waals surface area contributed by atoms with Crippen LogP contribution < -0.4 is 21.1 Å². The Bertz CT molecular complexity index is 1220. The first kappa shape index (κ1) is 24.5. The molecule has 0 bridgehead atoms. The predicted molar refractivity (Wildman–Crippen MR) is 128 cm³/mol. The van der Waals surface area contributed by atoms with Gasteiger partial charge in [0.05, 0.1) is 24.0 Å². The fraction of sp³-hybridized carbons (Fsp3) is 0.238. The van der Waals surface area contributed by atoms with Gasteiger partial charge in [-0.1, -0.05) is 54.1 Å². The zero-order valence-electron chi connectivity index (χ0n) is 17.8. The highest BCUT2D eigenvalue weighted by molar-refractivity contribution is 7.89. The smallest absolute Gasteiger partial charge is 0.321 e. The van der Waals surface area contributed by atoms with Crippen molar-refractivity contribution in [3.63, 3.8) is 0 Å².